The Kier molecular flexibility index (Phi) is 10.4. The van der Waals surface area contributed by atoms with Crippen LogP contribution in [0.1, 0.15) is 20.8 Å². The normalized spacial score (nSPS) is 12.8. The average molecular weight is 378 g/mol. The van der Waals surface area contributed by atoms with Gasteiger partial charge in [0.1, 0.15) is 11.9 Å². The van der Waals surface area contributed by atoms with Gasteiger partial charge in [0.2, 0.25) is 11.8 Å². The third kappa shape index (κ3) is 8.38. The van der Waals surface area contributed by atoms with Crippen LogP contribution in [0.4, 0.5) is 0 Å². The van der Waals surface area contributed by atoms with Gasteiger partial charge in [0.05, 0.1) is 19.1 Å². The summed E-state index contributed by atoms with van der Waals surface area (Å²) in [5.41, 5.74) is 5.69. The van der Waals surface area contributed by atoms with Crippen molar-refractivity contribution in [3.63, 3.8) is 0 Å². The van der Waals surface area contributed by atoms with Gasteiger partial charge in [-0.25, -0.2) is 0 Å². The molecule has 0 aliphatic rings. The Morgan fingerprint density at radius 1 is 1.17 bits per heavy atom. The van der Waals surface area contributed by atoms with Crippen LogP contribution in [0.5, 0.6) is 5.75 Å². The van der Waals surface area contributed by atoms with Gasteiger partial charge in [-0.2, -0.15) is 0 Å². The average Bonchev–Trinajstić information content (AvgIpc) is 2.51. The molecule has 0 saturated carbocycles. The summed E-state index contributed by atoms with van der Waals surface area (Å²) >= 11 is 5.80. The van der Waals surface area contributed by atoms with E-state index in [0.717, 1.165) is 0 Å². The van der Waals surface area contributed by atoms with E-state index < -0.39 is 6.04 Å². The van der Waals surface area contributed by atoms with E-state index >= 15 is 0 Å². The van der Waals surface area contributed by atoms with Crippen molar-refractivity contribution in [1.29, 1.82) is 0 Å². The standard InChI is InChI=1S/C16H24ClN3O3.ClH/c1-10(2)15(18)16(22)20-9-14(21)19-8-11(3)23-13-6-4-12(17)5-7-13;/h4-7,10-11,15H,8-9,18H2,1-3H3,(H,19,21)(H,20,22);1H/t11?,15-;/m0./s1. The molecule has 0 saturated heterocycles. The highest BCUT2D eigenvalue weighted by Crippen LogP contribution is 2.16. The maximum absolute atomic E-state index is 11.7. The van der Waals surface area contributed by atoms with Gasteiger partial charge in [-0.3, -0.25) is 9.59 Å². The number of hydrogen-bond acceptors (Lipinski definition) is 4. The van der Waals surface area contributed by atoms with E-state index in [0.29, 0.717) is 17.3 Å². The summed E-state index contributed by atoms with van der Waals surface area (Å²) in [7, 11) is 0. The number of carbonyl (C=O) groups is 2. The van der Waals surface area contributed by atoms with Gasteiger partial charge in [-0.05, 0) is 37.1 Å². The second-order valence-corrected chi connectivity index (χ2v) is 6.11. The summed E-state index contributed by atoms with van der Waals surface area (Å²) < 4.78 is 5.63. The molecule has 0 spiro atoms. The molecular formula is C16H25Cl2N3O3. The number of hydrogen-bond donors (Lipinski definition) is 3. The van der Waals surface area contributed by atoms with Crippen molar-refractivity contribution < 1.29 is 14.3 Å². The van der Waals surface area contributed by atoms with Crippen molar-refractivity contribution in [2.75, 3.05) is 13.1 Å². The van der Waals surface area contributed by atoms with Gasteiger partial charge in [-0.1, -0.05) is 25.4 Å². The first-order valence-corrected chi connectivity index (χ1v) is 7.89. The van der Waals surface area contributed by atoms with E-state index in [1.54, 1.807) is 24.3 Å². The molecule has 0 fully saturated rings. The number of rotatable bonds is 8. The number of carbonyl (C=O) groups excluding carboxylic acids is 2. The zero-order valence-corrected chi connectivity index (χ0v) is 15.6. The lowest BCUT2D eigenvalue weighted by molar-refractivity contribution is -0.127. The Morgan fingerprint density at radius 3 is 2.29 bits per heavy atom. The number of ether oxygens (including phenoxy) is 1. The predicted molar refractivity (Wildman–Crippen MR) is 97.6 cm³/mol. The lowest BCUT2D eigenvalue weighted by atomic mass is 10.1. The summed E-state index contributed by atoms with van der Waals surface area (Å²) in [4.78, 5) is 23.3. The molecule has 0 aliphatic heterocycles. The largest absolute Gasteiger partial charge is 0.489 e. The minimum Gasteiger partial charge on any atom is -0.489 e. The van der Waals surface area contributed by atoms with E-state index in [1.807, 2.05) is 20.8 Å². The molecule has 6 nitrogen and oxygen atoms in total. The second kappa shape index (κ2) is 11.1. The van der Waals surface area contributed by atoms with Crippen LogP contribution in [0.2, 0.25) is 5.02 Å². The van der Waals surface area contributed by atoms with Crippen molar-refractivity contribution in [2.45, 2.75) is 32.9 Å². The lowest BCUT2D eigenvalue weighted by Gasteiger charge is -2.17. The molecule has 0 aromatic heterocycles. The number of nitrogens with two attached hydrogens (primary N) is 1. The maximum atomic E-state index is 11.7. The van der Waals surface area contributed by atoms with Gasteiger partial charge >= 0.3 is 0 Å². The van der Waals surface area contributed by atoms with Crippen LogP contribution in [0.15, 0.2) is 24.3 Å². The molecule has 1 aromatic carbocycles. The van der Waals surface area contributed by atoms with Crippen molar-refractivity contribution in [2.24, 2.45) is 11.7 Å². The zero-order chi connectivity index (χ0) is 17.4. The molecule has 8 heteroatoms. The van der Waals surface area contributed by atoms with Gasteiger partial charge in [0.15, 0.2) is 0 Å². The molecule has 0 heterocycles. The quantitative estimate of drug-likeness (QED) is 0.643. The Labute approximate surface area is 153 Å². The molecule has 1 unspecified atom stereocenters. The number of benzene rings is 1. The molecule has 0 aliphatic carbocycles. The number of halogens is 2. The molecule has 4 N–H and O–H groups in total. The Bertz CT molecular complexity index is 524. The highest BCUT2D eigenvalue weighted by Gasteiger charge is 2.17. The molecule has 2 amide bonds. The predicted octanol–water partition coefficient (Wildman–Crippen LogP) is 1.74. The topological polar surface area (TPSA) is 93.5 Å². The number of nitrogens with one attached hydrogen (secondary N) is 2. The van der Waals surface area contributed by atoms with E-state index in [-0.39, 0.29) is 42.8 Å². The second-order valence-electron chi connectivity index (χ2n) is 5.67. The fourth-order valence-electron chi connectivity index (χ4n) is 1.70. The number of amides is 2. The van der Waals surface area contributed by atoms with Crippen molar-refractivity contribution in [3.8, 4) is 5.75 Å². The first-order chi connectivity index (χ1) is 10.8. The SMILES string of the molecule is CC(CNC(=O)CNC(=O)[C@@H](N)C(C)C)Oc1ccc(Cl)cc1.Cl. The smallest absolute Gasteiger partial charge is 0.239 e. The fraction of sp³-hybridized carbons (Fsp3) is 0.500. The Balaban J connectivity index is 0.00000529. The van der Waals surface area contributed by atoms with Gasteiger partial charge in [0, 0.05) is 5.02 Å². The van der Waals surface area contributed by atoms with Gasteiger partial charge in [-0.15, -0.1) is 12.4 Å². The van der Waals surface area contributed by atoms with E-state index in [2.05, 4.69) is 10.6 Å². The molecule has 0 bridgehead atoms. The minimum absolute atomic E-state index is 0. The summed E-state index contributed by atoms with van der Waals surface area (Å²) in [5, 5.41) is 5.84. The summed E-state index contributed by atoms with van der Waals surface area (Å²) in [6.45, 7) is 5.75. The summed E-state index contributed by atoms with van der Waals surface area (Å²) in [5.74, 6) is 0.0692. The monoisotopic (exact) mass is 377 g/mol. The van der Waals surface area contributed by atoms with Crippen LogP contribution in [-0.2, 0) is 9.59 Å². The fourth-order valence-corrected chi connectivity index (χ4v) is 1.82. The molecular weight excluding hydrogens is 353 g/mol. The van der Waals surface area contributed by atoms with E-state index in [4.69, 9.17) is 22.1 Å². The lowest BCUT2D eigenvalue weighted by Crippen LogP contribution is -2.47. The van der Waals surface area contributed by atoms with Crippen LogP contribution >= 0.6 is 24.0 Å². The van der Waals surface area contributed by atoms with Crippen molar-refractivity contribution >= 4 is 35.8 Å². The molecule has 136 valence electrons. The maximum Gasteiger partial charge on any atom is 0.239 e. The van der Waals surface area contributed by atoms with Crippen LogP contribution in [0.3, 0.4) is 0 Å². The molecule has 0 radical (unpaired) electrons. The zero-order valence-electron chi connectivity index (χ0n) is 14.0. The first-order valence-electron chi connectivity index (χ1n) is 7.51. The van der Waals surface area contributed by atoms with Crippen LogP contribution in [-0.4, -0.2) is 37.0 Å². The summed E-state index contributed by atoms with van der Waals surface area (Å²) in [6.07, 6.45) is -0.214. The van der Waals surface area contributed by atoms with E-state index in [9.17, 15) is 9.59 Å². The Morgan fingerprint density at radius 2 is 1.75 bits per heavy atom. The highest BCUT2D eigenvalue weighted by molar-refractivity contribution is 6.30. The van der Waals surface area contributed by atoms with Gasteiger partial charge < -0.3 is 21.1 Å². The molecule has 1 aromatic rings. The minimum atomic E-state index is -0.616. The third-order valence-corrected chi connectivity index (χ3v) is 3.43. The highest BCUT2D eigenvalue weighted by atomic mass is 35.5. The van der Waals surface area contributed by atoms with Crippen LogP contribution in [0, 0.1) is 5.92 Å². The van der Waals surface area contributed by atoms with Crippen LogP contribution in [0.25, 0.3) is 0 Å². The Hall–Kier alpha value is -1.50. The third-order valence-electron chi connectivity index (χ3n) is 3.18. The van der Waals surface area contributed by atoms with Gasteiger partial charge in [0.25, 0.3) is 0 Å². The van der Waals surface area contributed by atoms with Crippen molar-refractivity contribution in [3.05, 3.63) is 29.3 Å². The van der Waals surface area contributed by atoms with Crippen LogP contribution < -0.4 is 21.1 Å². The first kappa shape index (κ1) is 22.5. The van der Waals surface area contributed by atoms with Crippen molar-refractivity contribution in [1.82, 2.24) is 10.6 Å². The molecule has 2 atom stereocenters. The molecule has 24 heavy (non-hydrogen) atoms. The summed E-state index contributed by atoms with van der Waals surface area (Å²) in [6, 6.07) is 6.36. The molecule has 1 rings (SSSR count). The van der Waals surface area contributed by atoms with E-state index in [1.165, 1.54) is 0 Å².